The van der Waals surface area contributed by atoms with E-state index in [1.54, 1.807) is 18.7 Å². The van der Waals surface area contributed by atoms with E-state index >= 15 is 0 Å². The summed E-state index contributed by atoms with van der Waals surface area (Å²) >= 11 is 1.72. The zero-order chi connectivity index (χ0) is 14.4. The van der Waals surface area contributed by atoms with Crippen molar-refractivity contribution in [3.05, 3.63) is 47.7 Å². The first-order valence-corrected chi connectivity index (χ1v) is 8.01. The van der Waals surface area contributed by atoms with Gasteiger partial charge in [-0.05, 0) is 24.3 Å². The zero-order valence-electron chi connectivity index (χ0n) is 11.9. The van der Waals surface area contributed by atoms with Crippen molar-refractivity contribution in [2.75, 3.05) is 12.4 Å². The van der Waals surface area contributed by atoms with Gasteiger partial charge in [0.25, 0.3) is 0 Å². The van der Waals surface area contributed by atoms with Crippen molar-refractivity contribution < 1.29 is 14.3 Å². The second-order valence-corrected chi connectivity index (χ2v) is 5.94. The lowest BCUT2D eigenvalue weighted by atomic mass is 9.94. The maximum absolute atomic E-state index is 11.9. The van der Waals surface area contributed by atoms with Gasteiger partial charge < -0.3 is 9.47 Å². The average molecular weight is 292 g/mol. The van der Waals surface area contributed by atoms with E-state index in [-0.39, 0.29) is 17.3 Å². The van der Waals surface area contributed by atoms with Crippen molar-refractivity contribution in [3.63, 3.8) is 0 Å². The normalized spacial score (nSPS) is 21.8. The lowest BCUT2D eigenvalue weighted by Crippen LogP contribution is -2.23. The molecule has 0 amide bonds. The number of hydrogen-bond acceptors (Lipinski definition) is 4. The summed E-state index contributed by atoms with van der Waals surface area (Å²) in [5, 5.41) is 0. The number of ether oxygens (including phenoxy) is 2. The molecule has 3 nitrogen and oxygen atoms in total. The molecule has 1 aliphatic heterocycles. The van der Waals surface area contributed by atoms with Crippen LogP contribution in [0.1, 0.15) is 31.7 Å². The van der Waals surface area contributed by atoms with Crippen molar-refractivity contribution in [2.45, 2.75) is 31.6 Å². The molecule has 2 rings (SSSR count). The van der Waals surface area contributed by atoms with Crippen LogP contribution in [-0.4, -0.2) is 23.8 Å². The Bertz CT molecular complexity index is 470. The molecule has 0 radical (unpaired) electrons. The van der Waals surface area contributed by atoms with Crippen molar-refractivity contribution in [3.8, 4) is 0 Å². The molecule has 1 aromatic rings. The Morgan fingerprint density at radius 3 is 2.75 bits per heavy atom. The molecule has 0 saturated carbocycles. The highest BCUT2D eigenvalue weighted by molar-refractivity contribution is 7.99. The molecule has 0 aromatic heterocycles. The third-order valence-corrected chi connectivity index (χ3v) is 4.11. The number of esters is 1. The third-order valence-electron chi connectivity index (χ3n) is 3.11. The average Bonchev–Trinajstić information content (AvgIpc) is 2.48. The van der Waals surface area contributed by atoms with Crippen LogP contribution >= 0.6 is 11.8 Å². The van der Waals surface area contributed by atoms with E-state index in [9.17, 15) is 4.79 Å². The molecule has 1 aromatic carbocycles. The molecule has 0 fully saturated rings. The van der Waals surface area contributed by atoms with E-state index in [0.717, 1.165) is 12.2 Å². The minimum absolute atomic E-state index is 0.00890. The number of benzene rings is 1. The van der Waals surface area contributed by atoms with Gasteiger partial charge in [0, 0.05) is 12.3 Å². The molecule has 4 heteroatoms. The monoisotopic (exact) mass is 292 g/mol. The van der Waals surface area contributed by atoms with Gasteiger partial charge in [-0.3, -0.25) is 0 Å². The molecule has 20 heavy (non-hydrogen) atoms. The van der Waals surface area contributed by atoms with Crippen molar-refractivity contribution in [1.82, 2.24) is 0 Å². The third kappa shape index (κ3) is 3.79. The number of hydrogen-bond donors (Lipinski definition) is 0. The smallest absolute Gasteiger partial charge is 0.373 e. The van der Waals surface area contributed by atoms with Crippen LogP contribution in [0.3, 0.4) is 0 Å². The van der Waals surface area contributed by atoms with Gasteiger partial charge in [-0.25, -0.2) is 4.79 Å². The van der Waals surface area contributed by atoms with E-state index in [4.69, 9.17) is 9.47 Å². The molecule has 2 atom stereocenters. The summed E-state index contributed by atoms with van der Waals surface area (Å²) in [7, 11) is 0. The number of rotatable bonds is 5. The Morgan fingerprint density at radius 1 is 1.35 bits per heavy atom. The van der Waals surface area contributed by atoms with Crippen LogP contribution in [0.2, 0.25) is 0 Å². The van der Waals surface area contributed by atoms with Gasteiger partial charge in [0.15, 0.2) is 0 Å². The SMILES string of the molecule is CCOC(=O)C1=C[C@@H](c2ccccc2)C[C@H](SCC)O1. The van der Waals surface area contributed by atoms with Gasteiger partial charge in [0.1, 0.15) is 5.44 Å². The molecule has 0 bridgehead atoms. The fourth-order valence-corrected chi connectivity index (χ4v) is 3.11. The van der Waals surface area contributed by atoms with E-state index in [1.165, 1.54) is 5.56 Å². The first-order valence-electron chi connectivity index (χ1n) is 6.96. The van der Waals surface area contributed by atoms with Gasteiger partial charge in [-0.1, -0.05) is 37.3 Å². The molecule has 0 aliphatic carbocycles. The Kier molecular flexibility index (Phi) is 5.53. The van der Waals surface area contributed by atoms with Crippen molar-refractivity contribution in [2.24, 2.45) is 0 Å². The fourth-order valence-electron chi connectivity index (χ4n) is 2.23. The van der Waals surface area contributed by atoms with Crippen LogP contribution < -0.4 is 0 Å². The molecule has 0 N–H and O–H groups in total. The quantitative estimate of drug-likeness (QED) is 0.775. The molecule has 1 heterocycles. The van der Waals surface area contributed by atoms with Crippen LogP contribution in [0, 0.1) is 0 Å². The highest BCUT2D eigenvalue weighted by Gasteiger charge is 2.28. The Morgan fingerprint density at radius 2 is 2.10 bits per heavy atom. The topological polar surface area (TPSA) is 35.5 Å². The molecule has 108 valence electrons. The standard InChI is InChI=1S/C16H20O3S/c1-3-18-16(17)14-10-13(11-15(19-14)20-4-2)12-8-6-5-7-9-12/h5-10,13,15H,3-4,11H2,1-2H3/t13-,15+/m1/s1. The lowest BCUT2D eigenvalue weighted by Gasteiger charge is -2.28. The van der Waals surface area contributed by atoms with Crippen LogP contribution in [0.4, 0.5) is 0 Å². The van der Waals surface area contributed by atoms with E-state index < -0.39 is 0 Å². The van der Waals surface area contributed by atoms with Crippen LogP contribution in [-0.2, 0) is 14.3 Å². The summed E-state index contributed by atoms with van der Waals surface area (Å²) < 4.78 is 10.8. The summed E-state index contributed by atoms with van der Waals surface area (Å²) in [6, 6.07) is 10.2. The lowest BCUT2D eigenvalue weighted by molar-refractivity contribution is -0.143. The number of carbonyl (C=O) groups excluding carboxylic acids is 1. The number of carbonyl (C=O) groups is 1. The number of allylic oxidation sites excluding steroid dienone is 1. The van der Waals surface area contributed by atoms with Crippen LogP contribution in [0.5, 0.6) is 0 Å². The van der Waals surface area contributed by atoms with Gasteiger partial charge in [0.05, 0.1) is 6.61 Å². The van der Waals surface area contributed by atoms with Gasteiger partial charge in [0.2, 0.25) is 5.76 Å². The molecular weight excluding hydrogens is 272 g/mol. The molecule has 0 unspecified atom stereocenters. The summed E-state index contributed by atoms with van der Waals surface area (Å²) in [6.07, 6.45) is 2.77. The maximum atomic E-state index is 11.9. The Balaban J connectivity index is 2.21. The molecule has 1 aliphatic rings. The summed E-state index contributed by atoms with van der Waals surface area (Å²) in [4.78, 5) is 11.9. The first kappa shape index (κ1) is 15.0. The van der Waals surface area contributed by atoms with Gasteiger partial charge >= 0.3 is 5.97 Å². The largest absolute Gasteiger partial charge is 0.473 e. The molecule has 0 spiro atoms. The summed E-state index contributed by atoms with van der Waals surface area (Å²) in [6.45, 7) is 4.25. The molecule has 0 saturated heterocycles. The highest BCUT2D eigenvalue weighted by atomic mass is 32.2. The van der Waals surface area contributed by atoms with Gasteiger partial charge in [-0.2, -0.15) is 0 Å². The van der Waals surface area contributed by atoms with E-state index in [1.807, 2.05) is 24.3 Å². The highest BCUT2D eigenvalue weighted by Crippen LogP contribution is 2.35. The minimum atomic E-state index is -0.366. The van der Waals surface area contributed by atoms with Crippen molar-refractivity contribution >= 4 is 17.7 Å². The van der Waals surface area contributed by atoms with E-state index in [0.29, 0.717) is 12.4 Å². The fraction of sp³-hybridized carbons (Fsp3) is 0.438. The predicted molar refractivity (Wildman–Crippen MR) is 81.5 cm³/mol. The second kappa shape index (κ2) is 7.39. The summed E-state index contributed by atoms with van der Waals surface area (Å²) in [5.41, 5.74) is 1.22. The Hall–Kier alpha value is -1.42. The van der Waals surface area contributed by atoms with Crippen LogP contribution in [0.25, 0.3) is 0 Å². The predicted octanol–water partition coefficient (Wildman–Crippen LogP) is 3.72. The first-order chi connectivity index (χ1) is 9.74. The maximum Gasteiger partial charge on any atom is 0.373 e. The zero-order valence-corrected chi connectivity index (χ0v) is 12.7. The second-order valence-electron chi connectivity index (χ2n) is 4.51. The van der Waals surface area contributed by atoms with Crippen LogP contribution in [0.15, 0.2) is 42.2 Å². The summed E-state index contributed by atoms with van der Waals surface area (Å²) in [5.74, 6) is 1.14. The number of thioether (sulfide) groups is 1. The van der Waals surface area contributed by atoms with Gasteiger partial charge in [-0.15, -0.1) is 11.8 Å². The Labute approximate surface area is 124 Å². The minimum Gasteiger partial charge on any atom is -0.473 e. The van der Waals surface area contributed by atoms with E-state index in [2.05, 4.69) is 19.1 Å². The van der Waals surface area contributed by atoms with Crippen molar-refractivity contribution in [1.29, 1.82) is 0 Å². The molecular formula is C16H20O3S.